The Balaban J connectivity index is 0.00000280. The molecule has 2 aromatic rings. The van der Waals surface area contributed by atoms with Crippen molar-refractivity contribution in [2.45, 2.75) is 32.8 Å². The average molecular weight is 501 g/mol. The molecule has 1 aromatic heterocycles. The molecule has 7 nitrogen and oxygen atoms in total. The number of aryl methyl sites for hydroxylation is 1. The quantitative estimate of drug-likeness (QED) is 0.307. The number of benzene rings is 1. The standard InChI is InChI=1S/C20H27N3O4.HI/c1-4-21-19(23-12-20(3,24)18-8-5-14(2)27-18)22-10-9-15-6-7-16-17(11-15)26-13-25-16;/h5-8,11,24H,4,9-10,12-13H2,1-3H3,(H2,21,22,23);1H. The lowest BCUT2D eigenvalue weighted by molar-refractivity contribution is 0.0428. The van der Waals surface area contributed by atoms with Crippen LogP contribution in [0.2, 0.25) is 0 Å². The Morgan fingerprint density at radius 2 is 1.96 bits per heavy atom. The Labute approximate surface area is 182 Å². The Morgan fingerprint density at radius 3 is 2.68 bits per heavy atom. The first-order chi connectivity index (χ1) is 13.0. The fourth-order valence-corrected chi connectivity index (χ4v) is 2.80. The second-order valence-electron chi connectivity index (χ2n) is 6.74. The summed E-state index contributed by atoms with van der Waals surface area (Å²) in [7, 11) is 0. The number of aliphatic hydroxyl groups is 1. The van der Waals surface area contributed by atoms with Crippen molar-refractivity contribution in [2.75, 3.05) is 26.4 Å². The average Bonchev–Trinajstić information content (AvgIpc) is 3.28. The zero-order valence-electron chi connectivity index (χ0n) is 16.4. The Bertz CT molecular complexity index is 804. The van der Waals surface area contributed by atoms with E-state index < -0.39 is 5.60 Å². The summed E-state index contributed by atoms with van der Waals surface area (Å²) in [4.78, 5) is 4.50. The zero-order chi connectivity index (χ0) is 19.3. The van der Waals surface area contributed by atoms with E-state index >= 15 is 0 Å². The fraction of sp³-hybridized carbons (Fsp3) is 0.450. The highest BCUT2D eigenvalue weighted by Gasteiger charge is 2.26. The molecule has 0 radical (unpaired) electrons. The van der Waals surface area contributed by atoms with Crippen molar-refractivity contribution < 1.29 is 19.0 Å². The van der Waals surface area contributed by atoms with Crippen molar-refractivity contribution in [1.29, 1.82) is 0 Å². The molecule has 0 saturated carbocycles. The summed E-state index contributed by atoms with van der Waals surface area (Å²) in [6.07, 6.45) is 0.814. The number of fused-ring (bicyclic) bond motifs is 1. The predicted molar refractivity (Wildman–Crippen MR) is 119 cm³/mol. The number of hydrogen-bond donors (Lipinski definition) is 3. The number of guanidine groups is 1. The topological polar surface area (TPSA) is 88.3 Å². The summed E-state index contributed by atoms with van der Waals surface area (Å²) in [5, 5.41) is 17.1. The van der Waals surface area contributed by atoms with Crippen LogP contribution in [-0.4, -0.2) is 37.5 Å². The van der Waals surface area contributed by atoms with E-state index in [-0.39, 0.29) is 37.3 Å². The van der Waals surface area contributed by atoms with E-state index in [1.54, 1.807) is 13.0 Å². The normalized spacial score (nSPS) is 14.9. The maximum absolute atomic E-state index is 10.6. The van der Waals surface area contributed by atoms with Crippen molar-refractivity contribution in [2.24, 2.45) is 4.99 Å². The first kappa shape index (κ1) is 22.4. The molecule has 0 aliphatic carbocycles. The summed E-state index contributed by atoms with van der Waals surface area (Å²) >= 11 is 0. The highest BCUT2D eigenvalue weighted by molar-refractivity contribution is 14.0. The smallest absolute Gasteiger partial charge is 0.231 e. The Hall–Kier alpha value is -1.94. The molecule has 1 aliphatic heterocycles. The van der Waals surface area contributed by atoms with Crippen LogP contribution in [0.5, 0.6) is 11.5 Å². The molecule has 1 aliphatic rings. The molecule has 0 bridgehead atoms. The number of furan rings is 1. The van der Waals surface area contributed by atoms with Crippen molar-refractivity contribution in [3.8, 4) is 11.5 Å². The van der Waals surface area contributed by atoms with Crippen molar-refractivity contribution in [3.63, 3.8) is 0 Å². The maximum atomic E-state index is 10.6. The number of rotatable bonds is 7. The predicted octanol–water partition coefficient (Wildman–Crippen LogP) is 2.94. The van der Waals surface area contributed by atoms with Crippen LogP contribution >= 0.6 is 24.0 Å². The van der Waals surface area contributed by atoms with E-state index in [0.717, 1.165) is 35.8 Å². The lowest BCUT2D eigenvalue weighted by Gasteiger charge is -2.19. The van der Waals surface area contributed by atoms with Gasteiger partial charge in [-0.3, -0.25) is 0 Å². The summed E-state index contributed by atoms with van der Waals surface area (Å²) < 4.78 is 16.3. The molecule has 154 valence electrons. The van der Waals surface area contributed by atoms with E-state index in [2.05, 4.69) is 15.6 Å². The van der Waals surface area contributed by atoms with Crippen LogP contribution in [0.1, 0.15) is 30.9 Å². The summed E-state index contributed by atoms with van der Waals surface area (Å²) in [5.41, 5.74) is -0.00541. The molecule has 0 amide bonds. The number of nitrogens with one attached hydrogen (secondary N) is 2. The van der Waals surface area contributed by atoms with Crippen molar-refractivity contribution in [1.82, 2.24) is 10.6 Å². The van der Waals surface area contributed by atoms with E-state index in [9.17, 15) is 5.11 Å². The van der Waals surface area contributed by atoms with Crippen LogP contribution in [0.3, 0.4) is 0 Å². The van der Waals surface area contributed by atoms with Gasteiger partial charge in [0, 0.05) is 13.1 Å². The number of hydrogen-bond acceptors (Lipinski definition) is 5. The van der Waals surface area contributed by atoms with Gasteiger partial charge in [-0.05, 0) is 57.0 Å². The number of halogens is 1. The lowest BCUT2D eigenvalue weighted by Crippen LogP contribution is -2.39. The van der Waals surface area contributed by atoms with Gasteiger partial charge in [-0.25, -0.2) is 4.99 Å². The Morgan fingerprint density at radius 1 is 1.18 bits per heavy atom. The molecular formula is C20H28IN3O4. The molecular weight excluding hydrogens is 473 g/mol. The molecule has 0 fully saturated rings. The molecule has 3 N–H and O–H groups in total. The summed E-state index contributed by atoms with van der Waals surface area (Å²) in [5.74, 6) is 3.51. The van der Waals surface area contributed by atoms with E-state index in [0.29, 0.717) is 18.3 Å². The minimum Gasteiger partial charge on any atom is -0.463 e. The third-order valence-corrected chi connectivity index (χ3v) is 4.30. The number of ether oxygens (including phenoxy) is 2. The fourth-order valence-electron chi connectivity index (χ4n) is 2.80. The molecule has 1 aromatic carbocycles. The molecule has 1 unspecified atom stereocenters. The molecule has 2 heterocycles. The van der Waals surface area contributed by atoms with Gasteiger partial charge in [0.1, 0.15) is 17.1 Å². The minimum atomic E-state index is -1.16. The third-order valence-electron chi connectivity index (χ3n) is 4.30. The highest BCUT2D eigenvalue weighted by atomic mass is 127. The van der Waals surface area contributed by atoms with Gasteiger partial charge in [0.2, 0.25) is 6.79 Å². The van der Waals surface area contributed by atoms with Crippen molar-refractivity contribution >= 4 is 29.9 Å². The summed E-state index contributed by atoms with van der Waals surface area (Å²) in [6, 6.07) is 9.58. The molecule has 8 heteroatoms. The molecule has 1 atom stereocenters. The van der Waals surface area contributed by atoms with Gasteiger partial charge in [0.05, 0.1) is 6.54 Å². The number of aliphatic imine (C=N–C) groups is 1. The van der Waals surface area contributed by atoms with E-state index in [1.165, 1.54) is 0 Å². The van der Waals surface area contributed by atoms with Crippen molar-refractivity contribution in [3.05, 3.63) is 47.4 Å². The van der Waals surface area contributed by atoms with Crippen LogP contribution in [0.15, 0.2) is 39.7 Å². The molecule has 0 spiro atoms. The second-order valence-corrected chi connectivity index (χ2v) is 6.74. The first-order valence-electron chi connectivity index (χ1n) is 9.18. The van der Waals surface area contributed by atoms with Crippen LogP contribution in [0.25, 0.3) is 0 Å². The van der Waals surface area contributed by atoms with Crippen LogP contribution in [-0.2, 0) is 12.0 Å². The van der Waals surface area contributed by atoms with Gasteiger partial charge >= 0.3 is 0 Å². The maximum Gasteiger partial charge on any atom is 0.231 e. The minimum absolute atomic E-state index is 0. The molecule has 0 saturated heterocycles. The van der Waals surface area contributed by atoms with Gasteiger partial charge in [-0.2, -0.15) is 0 Å². The second kappa shape index (κ2) is 10.0. The van der Waals surface area contributed by atoms with Gasteiger partial charge < -0.3 is 29.6 Å². The lowest BCUT2D eigenvalue weighted by atomic mass is 10.0. The van der Waals surface area contributed by atoms with Gasteiger partial charge in [-0.1, -0.05) is 6.07 Å². The van der Waals surface area contributed by atoms with E-state index in [4.69, 9.17) is 13.9 Å². The highest BCUT2D eigenvalue weighted by Crippen LogP contribution is 2.32. The Kier molecular flexibility index (Phi) is 7.99. The van der Waals surface area contributed by atoms with Crippen LogP contribution in [0.4, 0.5) is 0 Å². The monoisotopic (exact) mass is 501 g/mol. The SMILES string of the molecule is CCNC(=NCC(C)(O)c1ccc(C)o1)NCCc1ccc2c(c1)OCO2.I. The number of nitrogens with zero attached hydrogens (tertiary/aromatic N) is 1. The first-order valence-corrected chi connectivity index (χ1v) is 9.18. The summed E-state index contributed by atoms with van der Waals surface area (Å²) in [6.45, 7) is 7.46. The third kappa shape index (κ3) is 5.78. The zero-order valence-corrected chi connectivity index (χ0v) is 18.8. The van der Waals surface area contributed by atoms with Crippen LogP contribution in [0, 0.1) is 6.92 Å². The van der Waals surface area contributed by atoms with E-state index in [1.807, 2.05) is 38.1 Å². The van der Waals surface area contributed by atoms with Crippen LogP contribution < -0.4 is 20.1 Å². The van der Waals surface area contributed by atoms with Gasteiger partial charge in [0.25, 0.3) is 0 Å². The van der Waals surface area contributed by atoms with Gasteiger partial charge in [-0.15, -0.1) is 24.0 Å². The van der Waals surface area contributed by atoms with Gasteiger partial charge in [0.15, 0.2) is 17.5 Å². The molecule has 3 rings (SSSR count). The largest absolute Gasteiger partial charge is 0.463 e. The molecule has 28 heavy (non-hydrogen) atoms.